The summed E-state index contributed by atoms with van der Waals surface area (Å²) in [5.74, 6) is -1.53. The number of aliphatic carboxylic acids is 1. The molecule has 0 heterocycles. The summed E-state index contributed by atoms with van der Waals surface area (Å²) in [7, 11) is -3.10. The second kappa shape index (κ2) is 6.47. The van der Waals surface area contributed by atoms with E-state index in [2.05, 4.69) is 0 Å². The largest absolute Gasteiger partial charge is 0.497 e. The maximum absolute atomic E-state index is 11.9. The number of nitrogens with one attached hydrogen (secondary N) is 1. The lowest BCUT2D eigenvalue weighted by molar-refractivity contribution is -0.387. The number of hydrogen-bond acceptors (Lipinski definition) is 7. The Morgan fingerprint density at radius 1 is 1.52 bits per heavy atom. The van der Waals surface area contributed by atoms with Gasteiger partial charge in [-0.15, -0.1) is 0 Å². The maximum Gasteiger partial charge on any atom is 0.333 e. The highest BCUT2D eigenvalue weighted by Gasteiger charge is 2.27. The van der Waals surface area contributed by atoms with Crippen LogP contribution in [-0.2, 0) is 14.8 Å². The molecule has 0 bridgehead atoms. The van der Waals surface area contributed by atoms with Gasteiger partial charge in [-0.3, -0.25) is 10.1 Å². The molecule has 0 aliphatic carbocycles. The fourth-order valence-corrected chi connectivity index (χ4v) is 2.54. The molecule has 0 fully saturated rings. The third-order valence-corrected chi connectivity index (χ3v) is 3.88. The van der Waals surface area contributed by atoms with Gasteiger partial charge in [0.25, 0.3) is 5.69 Å². The van der Waals surface area contributed by atoms with Crippen molar-refractivity contribution in [2.24, 2.45) is 0 Å². The number of methoxy groups -OCH3 is 1. The van der Waals surface area contributed by atoms with Crippen molar-refractivity contribution in [2.75, 3.05) is 13.7 Å². The molecule has 0 spiro atoms. The molecule has 0 aromatic heterocycles. The number of benzene rings is 1. The zero-order valence-electron chi connectivity index (χ0n) is 10.7. The Morgan fingerprint density at radius 3 is 2.62 bits per heavy atom. The molecule has 0 aliphatic heterocycles. The third-order valence-electron chi connectivity index (χ3n) is 2.40. The monoisotopic (exact) mass is 320 g/mol. The zero-order valence-corrected chi connectivity index (χ0v) is 11.5. The van der Waals surface area contributed by atoms with Crippen LogP contribution in [-0.4, -0.2) is 49.3 Å². The van der Waals surface area contributed by atoms with Crippen molar-refractivity contribution >= 4 is 21.7 Å². The van der Waals surface area contributed by atoms with Gasteiger partial charge in [-0.2, -0.15) is 0 Å². The van der Waals surface area contributed by atoms with Crippen molar-refractivity contribution in [2.45, 2.75) is 11.0 Å². The van der Waals surface area contributed by atoms with Crippen LogP contribution in [0.3, 0.4) is 0 Å². The van der Waals surface area contributed by atoms with Crippen LogP contribution in [0.5, 0.6) is 5.75 Å². The van der Waals surface area contributed by atoms with Crippen LogP contribution in [0, 0.1) is 10.1 Å². The molecule has 3 N–H and O–H groups in total. The number of rotatable bonds is 7. The van der Waals surface area contributed by atoms with Crippen LogP contribution in [0.1, 0.15) is 0 Å². The lowest BCUT2D eigenvalue weighted by Gasteiger charge is -2.10. The van der Waals surface area contributed by atoms with Gasteiger partial charge in [-0.1, -0.05) is 0 Å². The second-order valence-electron chi connectivity index (χ2n) is 3.80. The predicted octanol–water partition coefficient (Wildman–Crippen LogP) is -0.673. The molecule has 11 heteroatoms. The minimum Gasteiger partial charge on any atom is -0.497 e. The molecule has 1 unspecified atom stereocenters. The molecular weight excluding hydrogens is 308 g/mol. The van der Waals surface area contributed by atoms with Crippen molar-refractivity contribution in [3.8, 4) is 5.75 Å². The van der Waals surface area contributed by atoms with Gasteiger partial charge < -0.3 is 14.9 Å². The summed E-state index contributed by atoms with van der Waals surface area (Å²) in [6.45, 7) is -0.819. The summed E-state index contributed by atoms with van der Waals surface area (Å²) in [4.78, 5) is 19.7. The average Bonchev–Trinajstić information content (AvgIpc) is 2.43. The fourth-order valence-electron chi connectivity index (χ4n) is 1.35. The van der Waals surface area contributed by atoms with Crippen LogP contribution in [0.15, 0.2) is 23.1 Å². The van der Waals surface area contributed by atoms with Crippen molar-refractivity contribution < 1.29 is 33.1 Å². The molecule has 1 aromatic rings. The Kier molecular flexibility index (Phi) is 5.18. The number of carboxylic acid groups (broad SMARTS) is 1. The number of carboxylic acids is 1. The normalized spacial score (nSPS) is 12.7. The van der Waals surface area contributed by atoms with Crippen LogP contribution in [0.2, 0.25) is 0 Å². The molecule has 1 atom stereocenters. The van der Waals surface area contributed by atoms with Gasteiger partial charge in [0.1, 0.15) is 5.75 Å². The third kappa shape index (κ3) is 4.11. The standard InChI is InChI=1S/C10H12N2O8S/c1-20-6-2-3-9(7(4-6)12(16)17)21(18,19)11-5-8(13)10(14)15/h2-4,8,11,13H,5H2,1H3,(H,14,15). The summed E-state index contributed by atoms with van der Waals surface area (Å²) < 4.78 is 30.4. The maximum atomic E-state index is 11.9. The van der Waals surface area contributed by atoms with E-state index < -0.39 is 44.1 Å². The number of aliphatic hydroxyl groups excluding tert-OH is 1. The van der Waals surface area contributed by atoms with E-state index in [0.29, 0.717) is 0 Å². The van der Waals surface area contributed by atoms with E-state index >= 15 is 0 Å². The molecule has 116 valence electrons. The van der Waals surface area contributed by atoms with Gasteiger partial charge in [-0.25, -0.2) is 17.9 Å². The number of aliphatic hydroxyl groups is 1. The van der Waals surface area contributed by atoms with Gasteiger partial charge in [-0.05, 0) is 12.1 Å². The first kappa shape index (κ1) is 16.8. The van der Waals surface area contributed by atoms with E-state index in [4.69, 9.17) is 14.9 Å². The molecule has 1 aromatic carbocycles. The Labute approximate surface area is 119 Å². The highest BCUT2D eigenvalue weighted by Crippen LogP contribution is 2.28. The Bertz CT molecular complexity index is 657. The van der Waals surface area contributed by atoms with E-state index in [9.17, 15) is 23.3 Å². The first-order valence-corrected chi connectivity index (χ1v) is 6.90. The van der Waals surface area contributed by atoms with Crippen LogP contribution >= 0.6 is 0 Å². The first-order chi connectivity index (χ1) is 9.69. The van der Waals surface area contributed by atoms with E-state index in [1.54, 1.807) is 4.72 Å². The molecule has 0 saturated carbocycles. The number of nitro benzene ring substituents is 1. The number of nitrogens with zero attached hydrogens (tertiary/aromatic N) is 1. The minimum absolute atomic E-state index is 0.0891. The van der Waals surface area contributed by atoms with E-state index in [1.165, 1.54) is 13.2 Å². The topological polar surface area (TPSA) is 156 Å². The molecule has 0 radical (unpaired) electrons. The van der Waals surface area contributed by atoms with E-state index in [-0.39, 0.29) is 5.75 Å². The van der Waals surface area contributed by atoms with E-state index in [1.807, 2.05) is 0 Å². The summed E-state index contributed by atoms with van der Waals surface area (Å²) in [6.07, 6.45) is -1.96. The summed E-state index contributed by atoms with van der Waals surface area (Å²) in [6, 6.07) is 3.07. The Balaban J connectivity index is 3.13. The van der Waals surface area contributed by atoms with Gasteiger partial charge in [0, 0.05) is 6.54 Å². The lowest BCUT2D eigenvalue weighted by atomic mass is 10.3. The zero-order chi connectivity index (χ0) is 16.2. The number of ether oxygens (including phenoxy) is 1. The van der Waals surface area contributed by atoms with Gasteiger partial charge in [0.05, 0.1) is 18.1 Å². The number of nitro groups is 1. The highest BCUT2D eigenvalue weighted by molar-refractivity contribution is 7.89. The van der Waals surface area contributed by atoms with Crippen LogP contribution in [0.25, 0.3) is 0 Å². The van der Waals surface area contributed by atoms with Crippen molar-refractivity contribution in [1.29, 1.82) is 0 Å². The molecule has 10 nitrogen and oxygen atoms in total. The molecule has 0 saturated heterocycles. The van der Waals surface area contributed by atoms with Crippen molar-refractivity contribution in [3.63, 3.8) is 0 Å². The second-order valence-corrected chi connectivity index (χ2v) is 5.53. The number of hydrogen-bond donors (Lipinski definition) is 3. The lowest BCUT2D eigenvalue weighted by Crippen LogP contribution is -2.36. The predicted molar refractivity (Wildman–Crippen MR) is 68.5 cm³/mol. The first-order valence-electron chi connectivity index (χ1n) is 5.42. The summed E-state index contributed by atoms with van der Waals surface area (Å²) in [5.41, 5.74) is -0.730. The average molecular weight is 320 g/mol. The Morgan fingerprint density at radius 2 is 2.14 bits per heavy atom. The summed E-state index contributed by atoms with van der Waals surface area (Å²) >= 11 is 0. The molecule has 1 rings (SSSR count). The minimum atomic E-state index is -4.36. The quantitative estimate of drug-likeness (QED) is 0.441. The van der Waals surface area contributed by atoms with E-state index in [0.717, 1.165) is 12.1 Å². The molecule has 21 heavy (non-hydrogen) atoms. The molecule has 0 amide bonds. The van der Waals surface area contributed by atoms with Gasteiger partial charge in [0.2, 0.25) is 10.0 Å². The number of sulfonamides is 1. The highest BCUT2D eigenvalue weighted by atomic mass is 32.2. The fraction of sp³-hybridized carbons (Fsp3) is 0.300. The van der Waals surface area contributed by atoms with Crippen molar-refractivity contribution in [3.05, 3.63) is 28.3 Å². The molecule has 0 aliphatic rings. The summed E-state index contributed by atoms with van der Waals surface area (Å²) in [5, 5.41) is 28.4. The van der Waals surface area contributed by atoms with Gasteiger partial charge in [0.15, 0.2) is 11.0 Å². The molecular formula is C10H12N2O8S. The van der Waals surface area contributed by atoms with Gasteiger partial charge >= 0.3 is 5.97 Å². The smallest absolute Gasteiger partial charge is 0.333 e. The van der Waals surface area contributed by atoms with Crippen LogP contribution in [0.4, 0.5) is 5.69 Å². The SMILES string of the molecule is COc1ccc(S(=O)(=O)NCC(O)C(=O)O)c([N+](=O)[O-])c1. The van der Waals surface area contributed by atoms with Crippen molar-refractivity contribution in [1.82, 2.24) is 4.72 Å². The number of carbonyl (C=O) groups is 1. The Hall–Kier alpha value is -2.24. The van der Waals surface area contributed by atoms with Crippen LogP contribution < -0.4 is 9.46 Å².